The van der Waals surface area contributed by atoms with Crippen LogP contribution in [0.25, 0.3) is 0 Å². The van der Waals surface area contributed by atoms with E-state index in [1.807, 2.05) is 0 Å². The molecule has 7 heteroatoms. The van der Waals surface area contributed by atoms with Gasteiger partial charge in [-0.15, -0.1) is 23.2 Å². The normalized spacial score (nSPS) is 38.0. The third-order valence-electron chi connectivity index (χ3n) is 4.86. The van der Waals surface area contributed by atoms with Crippen LogP contribution in [0.1, 0.15) is 24.0 Å². The fourth-order valence-electron chi connectivity index (χ4n) is 3.61. The zero-order valence-electron chi connectivity index (χ0n) is 11.0. The first-order chi connectivity index (χ1) is 9.60. The van der Waals surface area contributed by atoms with Crippen LogP contribution < -0.4 is 11.5 Å². The van der Waals surface area contributed by atoms with Crippen LogP contribution >= 0.6 is 23.2 Å². The maximum atomic E-state index is 12.9. The summed E-state index contributed by atoms with van der Waals surface area (Å²) in [5.41, 5.74) is 11.0. The van der Waals surface area contributed by atoms with Crippen LogP contribution in [0.15, 0.2) is 24.3 Å². The second-order valence-corrected chi connectivity index (χ2v) is 7.38. The topological polar surface area (TPSA) is 52.0 Å². The molecule has 0 spiro atoms. The molecule has 0 aliphatic heterocycles. The standard InChI is InChI=1S/C14H15Cl2F3N2/c15-13(16)11-5-9(20)10(21)6-12(11,13)7-2-1-3-8(4-7)14(17,18)19/h1-4,9-11H,5-6,20-21H2/t9-,10?,11?,12+/m0/s1. The van der Waals surface area contributed by atoms with Gasteiger partial charge in [-0.3, -0.25) is 0 Å². The molecular weight excluding hydrogens is 324 g/mol. The number of benzene rings is 1. The van der Waals surface area contributed by atoms with Gasteiger partial charge in [-0.1, -0.05) is 18.2 Å². The van der Waals surface area contributed by atoms with E-state index >= 15 is 0 Å². The van der Waals surface area contributed by atoms with Gasteiger partial charge in [0, 0.05) is 23.4 Å². The van der Waals surface area contributed by atoms with E-state index in [4.69, 9.17) is 34.7 Å². The van der Waals surface area contributed by atoms with Crippen molar-refractivity contribution in [1.29, 1.82) is 0 Å². The van der Waals surface area contributed by atoms with E-state index < -0.39 is 21.5 Å². The highest BCUT2D eigenvalue weighted by molar-refractivity contribution is 6.52. The molecule has 0 radical (unpaired) electrons. The lowest BCUT2D eigenvalue weighted by atomic mass is 9.78. The van der Waals surface area contributed by atoms with E-state index in [2.05, 4.69) is 0 Å². The molecule has 2 unspecified atom stereocenters. The number of rotatable bonds is 1. The number of hydrogen-bond donors (Lipinski definition) is 2. The van der Waals surface area contributed by atoms with Gasteiger partial charge in [0.2, 0.25) is 0 Å². The molecule has 1 aromatic carbocycles. The molecule has 116 valence electrons. The van der Waals surface area contributed by atoms with Crippen LogP contribution in [-0.2, 0) is 11.6 Å². The predicted molar refractivity (Wildman–Crippen MR) is 76.2 cm³/mol. The van der Waals surface area contributed by atoms with Gasteiger partial charge >= 0.3 is 6.18 Å². The van der Waals surface area contributed by atoms with Gasteiger partial charge in [0.25, 0.3) is 0 Å². The van der Waals surface area contributed by atoms with Crippen LogP contribution in [0.2, 0.25) is 0 Å². The van der Waals surface area contributed by atoms with Crippen LogP contribution in [0, 0.1) is 5.92 Å². The SMILES string of the molecule is NC1C[C@@]2(c3cccc(C(F)(F)F)c3)C(C[C@@H]1N)C2(Cl)Cl. The average molecular weight is 339 g/mol. The predicted octanol–water partition coefficient (Wildman–Crippen LogP) is 3.20. The van der Waals surface area contributed by atoms with Crippen molar-refractivity contribution in [3.05, 3.63) is 35.4 Å². The maximum Gasteiger partial charge on any atom is 0.416 e. The van der Waals surface area contributed by atoms with Crippen molar-refractivity contribution in [2.45, 2.75) is 40.8 Å². The summed E-state index contributed by atoms with van der Waals surface area (Å²) >= 11 is 12.8. The van der Waals surface area contributed by atoms with Crippen molar-refractivity contribution in [3.63, 3.8) is 0 Å². The van der Waals surface area contributed by atoms with Crippen molar-refractivity contribution in [3.8, 4) is 0 Å². The average Bonchev–Trinajstić information content (AvgIpc) is 2.86. The lowest BCUT2D eigenvalue weighted by molar-refractivity contribution is -0.137. The summed E-state index contributed by atoms with van der Waals surface area (Å²) in [6, 6.07) is 4.63. The van der Waals surface area contributed by atoms with Crippen molar-refractivity contribution in [2.75, 3.05) is 0 Å². The Hall–Kier alpha value is -0.490. The van der Waals surface area contributed by atoms with Crippen molar-refractivity contribution in [1.82, 2.24) is 0 Å². The molecule has 2 nitrogen and oxygen atoms in total. The second-order valence-electron chi connectivity index (χ2n) is 5.99. The highest BCUT2D eigenvalue weighted by atomic mass is 35.5. The van der Waals surface area contributed by atoms with Crippen molar-refractivity contribution < 1.29 is 13.2 Å². The first-order valence-electron chi connectivity index (χ1n) is 6.67. The van der Waals surface area contributed by atoms with Gasteiger partial charge in [0.05, 0.1) is 5.56 Å². The Morgan fingerprint density at radius 1 is 1.14 bits per heavy atom. The molecule has 21 heavy (non-hydrogen) atoms. The molecule has 4 N–H and O–H groups in total. The Labute approximate surface area is 130 Å². The third-order valence-corrected chi connectivity index (χ3v) is 6.07. The molecule has 0 aromatic heterocycles. The van der Waals surface area contributed by atoms with Gasteiger partial charge in [0.1, 0.15) is 4.33 Å². The molecule has 2 aliphatic carbocycles. The minimum absolute atomic E-state index is 0.161. The minimum atomic E-state index is -4.40. The first kappa shape index (κ1) is 15.4. The number of nitrogens with two attached hydrogens (primary N) is 2. The zero-order valence-corrected chi connectivity index (χ0v) is 12.5. The largest absolute Gasteiger partial charge is 0.416 e. The van der Waals surface area contributed by atoms with Gasteiger partial charge in [-0.25, -0.2) is 0 Å². The summed E-state index contributed by atoms with van der Waals surface area (Å²) in [6.07, 6.45) is -3.48. The Morgan fingerprint density at radius 3 is 2.43 bits per heavy atom. The minimum Gasteiger partial charge on any atom is -0.326 e. The number of fused-ring (bicyclic) bond motifs is 1. The third kappa shape index (κ3) is 2.09. The summed E-state index contributed by atoms with van der Waals surface area (Å²) in [5, 5.41) is 0. The zero-order chi connectivity index (χ0) is 15.6. The second kappa shape index (κ2) is 4.51. The summed E-state index contributed by atoms with van der Waals surface area (Å²) in [5.74, 6) is -0.161. The fraction of sp³-hybridized carbons (Fsp3) is 0.571. The highest BCUT2D eigenvalue weighted by Gasteiger charge is 2.78. The van der Waals surface area contributed by atoms with E-state index in [-0.39, 0.29) is 18.0 Å². The summed E-state index contributed by atoms with van der Waals surface area (Å²) in [6.45, 7) is 0. The number of alkyl halides is 5. The highest BCUT2D eigenvalue weighted by Crippen LogP contribution is 2.74. The Balaban J connectivity index is 2.04. The number of hydrogen-bond acceptors (Lipinski definition) is 2. The summed E-state index contributed by atoms with van der Waals surface area (Å²) in [7, 11) is 0. The monoisotopic (exact) mass is 338 g/mol. The Morgan fingerprint density at radius 2 is 1.81 bits per heavy atom. The summed E-state index contributed by atoms with van der Waals surface area (Å²) < 4.78 is 37.6. The molecule has 4 atom stereocenters. The molecule has 0 heterocycles. The van der Waals surface area contributed by atoms with Crippen LogP contribution in [-0.4, -0.2) is 16.4 Å². The van der Waals surface area contributed by atoms with E-state index in [0.29, 0.717) is 18.4 Å². The smallest absolute Gasteiger partial charge is 0.326 e. The number of halogens is 5. The van der Waals surface area contributed by atoms with Crippen LogP contribution in [0.3, 0.4) is 0 Å². The van der Waals surface area contributed by atoms with E-state index in [9.17, 15) is 13.2 Å². The maximum absolute atomic E-state index is 12.9. The van der Waals surface area contributed by atoms with E-state index in [0.717, 1.165) is 12.1 Å². The molecule has 0 saturated heterocycles. The van der Waals surface area contributed by atoms with E-state index in [1.54, 1.807) is 6.07 Å². The molecule has 2 saturated carbocycles. The van der Waals surface area contributed by atoms with Crippen molar-refractivity contribution in [2.24, 2.45) is 17.4 Å². The summed E-state index contributed by atoms with van der Waals surface area (Å²) in [4.78, 5) is 0. The Kier molecular flexibility index (Phi) is 3.31. The van der Waals surface area contributed by atoms with Gasteiger partial charge in [-0.2, -0.15) is 13.2 Å². The molecule has 3 rings (SSSR count). The van der Waals surface area contributed by atoms with Crippen molar-refractivity contribution >= 4 is 23.2 Å². The molecule has 1 aromatic rings. The molecule has 2 aliphatic rings. The van der Waals surface area contributed by atoms with Gasteiger partial charge < -0.3 is 11.5 Å². The lowest BCUT2D eigenvalue weighted by Crippen LogP contribution is -2.47. The molecular formula is C14H15Cl2F3N2. The van der Waals surface area contributed by atoms with Crippen LogP contribution in [0.4, 0.5) is 13.2 Å². The lowest BCUT2D eigenvalue weighted by Gasteiger charge is -2.31. The Bertz CT molecular complexity index is 576. The van der Waals surface area contributed by atoms with Crippen LogP contribution in [0.5, 0.6) is 0 Å². The first-order valence-corrected chi connectivity index (χ1v) is 7.43. The van der Waals surface area contributed by atoms with Gasteiger partial charge in [0.15, 0.2) is 0 Å². The van der Waals surface area contributed by atoms with E-state index in [1.165, 1.54) is 6.07 Å². The fourth-order valence-corrected chi connectivity index (χ4v) is 4.69. The molecule has 0 amide bonds. The quantitative estimate of drug-likeness (QED) is 0.772. The van der Waals surface area contributed by atoms with Gasteiger partial charge in [-0.05, 0) is 24.5 Å². The molecule has 0 bridgehead atoms. The molecule has 2 fully saturated rings.